The third-order valence-corrected chi connectivity index (χ3v) is 2.99. The fraction of sp³-hybridized carbons (Fsp3) is 0.538. The molecule has 0 heterocycles. The molecule has 1 aromatic carbocycles. The highest BCUT2D eigenvalue weighted by Crippen LogP contribution is 2.20. The molecule has 0 aliphatic carbocycles. The van der Waals surface area contributed by atoms with Gasteiger partial charge in [0.05, 0.1) is 0 Å². The molecule has 0 aromatic heterocycles. The Morgan fingerprint density at radius 3 is 2.12 bits per heavy atom. The van der Waals surface area contributed by atoms with Crippen LogP contribution in [0.1, 0.15) is 33.3 Å². The first-order valence-corrected chi connectivity index (χ1v) is 5.58. The zero-order valence-electron chi connectivity index (χ0n) is 10.6. The molecule has 4 heteroatoms. The SMILES string of the molecule is CC(NCc1cc(F)c(F)cc1F)C(C)(C)C. The molecule has 96 valence electrons. The van der Waals surface area contributed by atoms with E-state index in [0.29, 0.717) is 6.07 Å². The van der Waals surface area contributed by atoms with Crippen molar-refractivity contribution in [2.24, 2.45) is 5.41 Å². The van der Waals surface area contributed by atoms with E-state index in [4.69, 9.17) is 0 Å². The number of halogens is 3. The summed E-state index contributed by atoms with van der Waals surface area (Å²) in [4.78, 5) is 0. The molecule has 0 radical (unpaired) electrons. The molecule has 1 unspecified atom stereocenters. The van der Waals surface area contributed by atoms with Gasteiger partial charge in [0.2, 0.25) is 0 Å². The van der Waals surface area contributed by atoms with Gasteiger partial charge >= 0.3 is 0 Å². The van der Waals surface area contributed by atoms with Gasteiger partial charge in [0.15, 0.2) is 11.6 Å². The number of hydrogen-bond donors (Lipinski definition) is 1. The van der Waals surface area contributed by atoms with Gasteiger partial charge in [-0.1, -0.05) is 20.8 Å². The van der Waals surface area contributed by atoms with Gasteiger partial charge in [0, 0.05) is 24.2 Å². The van der Waals surface area contributed by atoms with Gasteiger partial charge in [0.1, 0.15) is 5.82 Å². The largest absolute Gasteiger partial charge is 0.310 e. The summed E-state index contributed by atoms with van der Waals surface area (Å²) in [5, 5.41) is 3.10. The third-order valence-electron chi connectivity index (χ3n) is 2.99. The van der Waals surface area contributed by atoms with E-state index >= 15 is 0 Å². The maximum Gasteiger partial charge on any atom is 0.161 e. The fourth-order valence-corrected chi connectivity index (χ4v) is 1.27. The Morgan fingerprint density at radius 2 is 1.59 bits per heavy atom. The predicted molar refractivity (Wildman–Crippen MR) is 62.1 cm³/mol. The van der Waals surface area contributed by atoms with Crippen LogP contribution >= 0.6 is 0 Å². The summed E-state index contributed by atoms with van der Waals surface area (Å²) < 4.78 is 39.0. The van der Waals surface area contributed by atoms with E-state index in [0.717, 1.165) is 6.07 Å². The van der Waals surface area contributed by atoms with Crippen molar-refractivity contribution in [1.29, 1.82) is 0 Å². The first kappa shape index (κ1) is 14.0. The van der Waals surface area contributed by atoms with Gasteiger partial charge in [-0.05, 0) is 18.4 Å². The highest BCUT2D eigenvalue weighted by molar-refractivity contribution is 5.20. The normalized spacial score (nSPS) is 13.8. The lowest BCUT2D eigenvalue weighted by Crippen LogP contribution is -2.37. The Kier molecular flexibility index (Phi) is 4.20. The van der Waals surface area contributed by atoms with Crippen molar-refractivity contribution >= 4 is 0 Å². The van der Waals surface area contributed by atoms with Crippen LogP contribution in [0.5, 0.6) is 0 Å². The molecule has 0 saturated heterocycles. The molecular weight excluding hydrogens is 227 g/mol. The van der Waals surface area contributed by atoms with E-state index in [1.807, 2.05) is 27.7 Å². The molecule has 0 aliphatic heterocycles. The minimum absolute atomic E-state index is 0.0229. The zero-order valence-corrected chi connectivity index (χ0v) is 10.6. The maximum absolute atomic E-state index is 13.3. The molecule has 17 heavy (non-hydrogen) atoms. The monoisotopic (exact) mass is 245 g/mol. The second-order valence-electron chi connectivity index (χ2n) is 5.33. The lowest BCUT2D eigenvalue weighted by atomic mass is 9.88. The molecule has 1 nitrogen and oxygen atoms in total. The first-order chi connectivity index (χ1) is 7.71. The van der Waals surface area contributed by atoms with Gasteiger partial charge < -0.3 is 5.32 Å². The molecule has 0 fully saturated rings. The van der Waals surface area contributed by atoms with E-state index in [1.165, 1.54) is 0 Å². The van der Waals surface area contributed by atoms with Crippen LogP contribution in [0.25, 0.3) is 0 Å². The average molecular weight is 245 g/mol. The van der Waals surface area contributed by atoms with Gasteiger partial charge in [-0.15, -0.1) is 0 Å². The summed E-state index contributed by atoms with van der Waals surface area (Å²) in [5.41, 5.74) is 0.162. The van der Waals surface area contributed by atoms with Crippen molar-refractivity contribution in [2.45, 2.75) is 40.3 Å². The van der Waals surface area contributed by atoms with Crippen LogP contribution < -0.4 is 5.32 Å². The molecule has 1 N–H and O–H groups in total. The Labute approximate surface area is 100 Å². The molecule has 1 atom stereocenters. The molecule has 0 spiro atoms. The van der Waals surface area contributed by atoms with Crippen LogP contribution in [-0.2, 0) is 6.54 Å². The first-order valence-electron chi connectivity index (χ1n) is 5.58. The topological polar surface area (TPSA) is 12.0 Å². The summed E-state index contributed by atoms with van der Waals surface area (Å²) in [6, 6.07) is 1.61. The van der Waals surface area contributed by atoms with Crippen molar-refractivity contribution in [1.82, 2.24) is 5.32 Å². The molecule has 0 saturated carbocycles. The summed E-state index contributed by atoms with van der Waals surface area (Å²) in [7, 11) is 0. The van der Waals surface area contributed by atoms with Gasteiger partial charge in [-0.2, -0.15) is 0 Å². The van der Waals surface area contributed by atoms with Crippen molar-refractivity contribution in [3.05, 3.63) is 35.1 Å². The lowest BCUT2D eigenvalue weighted by Gasteiger charge is -2.28. The van der Waals surface area contributed by atoms with Gasteiger partial charge in [0.25, 0.3) is 0 Å². The Bertz CT molecular complexity index is 396. The van der Waals surface area contributed by atoms with E-state index in [9.17, 15) is 13.2 Å². The summed E-state index contributed by atoms with van der Waals surface area (Å²) in [6.07, 6.45) is 0. The van der Waals surface area contributed by atoms with E-state index in [2.05, 4.69) is 5.32 Å². The Morgan fingerprint density at radius 1 is 1.06 bits per heavy atom. The average Bonchev–Trinajstić information content (AvgIpc) is 2.19. The van der Waals surface area contributed by atoms with Crippen LogP contribution in [0.4, 0.5) is 13.2 Å². The molecule has 1 rings (SSSR count). The number of benzene rings is 1. The quantitative estimate of drug-likeness (QED) is 0.802. The lowest BCUT2D eigenvalue weighted by molar-refractivity contribution is 0.284. The number of nitrogens with one attached hydrogen (secondary N) is 1. The highest BCUT2D eigenvalue weighted by Gasteiger charge is 2.20. The van der Waals surface area contributed by atoms with E-state index < -0.39 is 17.5 Å². The minimum Gasteiger partial charge on any atom is -0.310 e. The van der Waals surface area contributed by atoms with Gasteiger partial charge in [-0.3, -0.25) is 0 Å². The molecule has 0 aliphatic rings. The van der Waals surface area contributed by atoms with Crippen molar-refractivity contribution in [3.8, 4) is 0 Å². The van der Waals surface area contributed by atoms with Crippen LogP contribution in [0.3, 0.4) is 0 Å². The van der Waals surface area contributed by atoms with Gasteiger partial charge in [-0.25, -0.2) is 13.2 Å². The molecule has 1 aromatic rings. The van der Waals surface area contributed by atoms with Crippen molar-refractivity contribution in [3.63, 3.8) is 0 Å². The molecular formula is C13H18F3N. The standard InChI is InChI=1S/C13H18F3N/c1-8(13(2,3)4)17-7-9-5-11(15)12(16)6-10(9)14/h5-6,8,17H,7H2,1-4H3. The predicted octanol–water partition coefficient (Wildman–Crippen LogP) is 3.63. The van der Waals surface area contributed by atoms with E-state index in [-0.39, 0.29) is 23.6 Å². The third kappa shape index (κ3) is 3.73. The minimum atomic E-state index is -1.16. The number of rotatable bonds is 3. The van der Waals surface area contributed by atoms with Crippen LogP contribution in [-0.4, -0.2) is 6.04 Å². The van der Waals surface area contributed by atoms with Crippen molar-refractivity contribution in [2.75, 3.05) is 0 Å². The van der Waals surface area contributed by atoms with Crippen LogP contribution in [0, 0.1) is 22.9 Å². The maximum atomic E-state index is 13.3. The Balaban J connectivity index is 2.73. The van der Waals surface area contributed by atoms with Crippen LogP contribution in [0.2, 0.25) is 0 Å². The van der Waals surface area contributed by atoms with Crippen molar-refractivity contribution < 1.29 is 13.2 Å². The summed E-state index contributed by atoms with van der Waals surface area (Å²) in [5.74, 6) is -2.90. The number of hydrogen-bond acceptors (Lipinski definition) is 1. The second-order valence-corrected chi connectivity index (χ2v) is 5.33. The Hall–Kier alpha value is -1.03. The highest BCUT2D eigenvalue weighted by atomic mass is 19.2. The summed E-state index contributed by atoms with van der Waals surface area (Å²) >= 11 is 0. The smallest absolute Gasteiger partial charge is 0.161 e. The fourth-order valence-electron chi connectivity index (χ4n) is 1.27. The van der Waals surface area contributed by atoms with Crippen LogP contribution in [0.15, 0.2) is 12.1 Å². The zero-order chi connectivity index (χ0) is 13.2. The second kappa shape index (κ2) is 5.08. The summed E-state index contributed by atoms with van der Waals surface area (Å²) in [6.45, 7) is 8.30. The molecule has 0 amide bonds. The van der Waals surface area contributed by atoms with E-state index in [1.54, 1.807) is 0 Å². The molecule has 0 bridgehead atoms.